The van der Waals surface area contributed by atoms with Crippen LogP contribution in [-0.2, 0) is 9.59 Å². The monoisotopic (exact) mass is 213 g/mol. The molecule has 1 heterocycles. The molecule has 1 aliphatic rings. The molecule has 0 saturated carbocycles. The second-order valence-electron chi connectivity index (χ2n) is 4.06. The Labute approximate surface area is 90.2 Å². The zero-order chi connectivity index (χ0) is 11.3. The van der Waals surface area contributed by atoms with Crippen LogP contribution in [0.15, 0.2) is 0 Å². The number of likely N-dealkylation sites (N-methyl/N-ethyl adjacent to an activating group) is 1. The fourth-order valence-corrected chi connectivity index (χ4v) is 1.54. The van der Waals surface area contributed by atoms with Crippen molar-refractivity contribution in [2.24, 2.45) is 0 Å². The molecule has 5 heteroatoms. The Kier molecular flexibility index (Phi) is 4.55. The lowest BCUT2D eigenvalue weighted by Crippen LogP contribution is -2.39. The first kappa shape index (κ1) is 12.0. The van der Waals surface area contributed by atoms with Crippen molar-refractivity contribution in [2.75, 3.05) is 27.2 Å². The minimum atomic E-state index is 0.0413. The second-order valence-corrected chi connectivity index (χ2v) is 4.06. The third-order valence-electron chi connectivity index (χ3n) is 2.52. The van der Waals surface area contributed by atoms with Gasteiger partial charge in [-0.2, -0.15) is 0 Å². The number of nitrogens with one attached hydrogen (secondary N) is 2. The molecule has 0 aromatic carbocycles. The number of hydrogen-bond donors (Lipinski definition) is 2. The SMILES string of the molecule is CN(C)C(=O)CNC1CCCNC(=O)C1. The molecular weight excluding hydrogens is 194 g/mol. The largest absolute Gasteiger partial charge is 0.356 e. The van der Waals surface area contributed by atoms with Crippen molar-refractivity contribution in [1.82, 2.24) is 15.5 Å². The Balaban J connectivity index is 2.30. The highest BCUT2D eigenvalue weighted by Gasteiger charge is 2.17. The quantitative estimate of drug-likeness (QED) is 0.654. The lowest BCUT2D eigenvalue weighted by atomic mass is 10.1. The smallest absolute Gasteiger partial charge is 0.236 e. The molecular formula is C10H19N3O2. The molecule has 1 aliphatic heterocycles. The summed E-state index contributed by atoms with van der Waals surface area (Å²) in [5.74, 6) is 0.113. The zero-order valence-electron chi connectivity index (χ0n) is 9.38. The van der Waals surface area contributed by atoms with Gasteiger partial charge in [-0.05, 0) is 12.8 Å². The normalized spacial score (nSPS) is 21.7. The summed E-state index contributed by atoms with van der Waals surface area (Å²) in [5, 5.41) is 5.93. The number of hydrogen-bond acceptors (Lipinski definition) is 3. The Morgan fingerprint density at radius 3 is 3.00 bits per heavy atom. The average molecular weight is 213 g/mol. The standard InChI is InChI=1S/C10H19N3O2/c1-13(2)10(15)7-12-8-4-3-5-11-9(14)6-8/h8,12H,3-7H2,1-2H3,(H,11,14). The van der Waals surface area contributed by atoms with Crippen LogP contribution >= 0.6 is 0 Å². The summed E-state index contributed by atoms with van der Waals surface area (Å²) in [5.41, 5.74) is 0. The van der Waals surface area contributed by atoms with Crippen molar-refractivity contribution in [1.29, 1.82) is 0 Å². The van der Waals surface area contributed by atoms with Crippen molar-refractivity contribution in [3.63, 3.8) is 0 Å². The number of rotatable bonds is 3. The van der Waals surface area contributed by atoms with Crippen molar-refractivity contribution in [3.05, 3.63) is 0 Å². The van der Waals surface area contributed by atoms with Crippen molar-refractivity contribution in [2.45, 2.75) is 25.3 Å². The van der Waals surface area contributed by atoms with Crippen LogP contribution in [0, 0.1) is 0 Å². The molecule has 1 atom stereocenters. The van der Waals surface area contributed by atoms with Crippen molar-refractivity contribution < 1.29 is 9.59 Å². The van der Waals surface area contributed by atoms with Gasteiger partial charge in [0.2, 0.25) is 11.8 Å². The molecule has 0 radical (unpaired) electrons. The van der Waals surface area contributed by atoms with Crippen LogP contribution in [0.1, 0.15) is 19.3 Å². The van der Waals surface area contributed by atoms with Gasteiger partial charge in [-0.25, -0.2) is 0 Å². The van der Waals surface area contributed by atoms with E-state index in [-0.39, 0.29) is 17.9 Å². The zero-order valence-corrected chi connectivity index (χ0v) is 9.38. The summed E-state index contributed by atoms with van der Waals surface area (Å²) in [6, 6.07) is 0.136. The maximum atomic E-state index is 11.3. The first-order valence-electron chi connectivity index (χ1n) is 5.30. The summed E-state index contributed by atoms with van der Waals surface area (Å²) < 4.78 is 0. The summed E-state index contributed by atoms with van der Waals surface area (Å²) in [6.45, 7) is 1.06. The van der Waals surface area contributed by atoms with Gasteiger partial charge in [0.05, 0.1) is 6.54 Å². The minimum absolute atomic E-state index is 0.0413. The van der Waals surface area contributed by atoms with Gasteiger partial charge in [-0.1, -0.05) is 0 Å². The van der Waals surface area contributed by atoms with E-state index < -0.39 is 0 Å². The fraction of sp³-hybridized carbons (Fsp3) is 0.800. The van der Waals surface area contributed by atoms with Gasteiger partial charge >= 0.3 is 0 Å². The molecule has 1 rings (SSSR count). The lowest BCUT2D eigenvalue weighted by Gasteiger charge is -2.16. The second kappa shape index (κ2) is 5.70. The Bertz CT molecular complexity index is 241. The van der Waals surface area contributed by atoms with Gasteiger partial charge < -0.3 is 15.5 Å². The molecule has 0 aromatic heterocycles. The first-order valence-corrected chi connectivity index (χ1v) is 5.30. The van der Waals surface area contributed by atoms with Crippen LogP contribution in [0.4, 0.5) is 0 Å². The van der Waals surface area contributed by atoms with E-state index in [1.807, 2.05) is 0 Å². The predicted octanol–water partition coefficient (Wildman–Crippen LogP) is -0.667. The van der Waals surface area contributed by atoms with Crippen LogP contribution in [0.3, 0.4) is 0 Å². The third kappa shape index (κ3) is 4.29. The minimum Gasteiger partial charge on any atom is -0.356 e. The molecule has 15 heavy (non-hydrogen) atoms. The summed E-state index contributed by atoms with van der Waals surface area (Å²) >= 11 is 0. The molecule has 2 N–H and O–H groups in total. The number of carbonyl (C=O) groups excluding carboxylic acids is 2. The van der Waals surface area contributed by atoms with Crippen molar-refractivity contribution >= 4 is 11.8 Å². The molecule has 0 aliphatic carbocycles. The molecule has 0 aromatic rings. The first-order chi connectivity index (χ1) is 7.09. The van der Waals surface area contributed by atoms with E-state index in [9.17, 15) is 9.59 Å². The van der Waals surface area contributed by atoms with Crippen LogP contribution in [0.25, 0.3) is 0 Å². The molecule has 2 amide bonds. The van der Waals surface area contributed by atoms with E-state index in [2.05, 4.69) is 10.6 Å². The maximum Gasteiger partial charge on any atom is 0.236 e. The van der Waals surface area contributed by atoms with Crippen molar-refractivity contribution in [3.8, 4) is 0 Å². The molecule has 0 bridgehead atoms. The summed E-state index contributed by atoms with van der Waals surface area (Å²) in [6.07, 6.45) is 2.39. The Hall–Kier alpha value is -1.10. The highest BCUT2D eigenvalue weighted by Crippen LogP contribution is 2.05. The van der Waals surface area contributed by atoms with Gasteiger partial charge in [0.1, 0.15) is 0 Å². The topological polar surface area (TPSA) is 61.4 Å². The summed E-state index contributed by atoms with van der Waals surface area (Å²) in [4.78, 5) is 24.1. The fourth-order valence-electron chi connectivity index (χ4n) is 1.54. The Morgan fingerprint density at radius 2 is 2.33 bits per heavy atom. The number of amides is 2. The lowest BCUT2D eigenvalue weighted by molar-refractivity contribution is -0.128. The van der Waals surface area contributed by atoms with E-state index in [1.165, 1.54) is 0 Å². The summed E-state index contributed by atoms with van der Waals surface area (Å²) in [7, 11) is 3.45. The molecule has 1 fully saturated rings. The van der Waals surface area contributed by atoms with E-state index >= 15 is 0 Å². The molecule has 86 valence electrons. The van der Waals surface area contributed by atoms with E-state index in [4.69, 9.17) is 0 Å². The average Bonchev–Trinajstić information content (AvgIpc) is 2.38. The van der Waals surface area contributed by atoms with E-state index in [1.54, 1.807) is 19.0 Å². The van der Waals surface area contributed by atoms with Gasteiger partial charge in [-0.15, -0.1) is 0 Å². The van der Waals surface area contributed by atoms with Gasteiger partial charge in [0, 0.05) is 33.1 Å². The van der Waals surface area contributed by atoms with Gasteiger partial charge in [0.15, 0.2) is 0 Å². The molecule has 0 spiro atoms. The maximum absolute atomic E-state index is 11.3. The van der Waals surface area contributed by atoms with Crippen LogP contribution < -0.4 is 10.6 Å². The molecule has 1 saturated heterocycles. The van der Waals surface area contributed by atoms with Crippen LogP contribution in [0.5, 0.6) is 0 Å². The van der Waals surface area contributed by atoms with Crippen LogP contribution in [-0.4, -0.2) is 49.9 Å². The van der Waals surface area contributed by atoms with Gasteiger partial charge in [-0.3, -0.25) is 9.59 Å². The molecule has 1 unspecified atom stereocenters. The predicted molar refractivity (Wildman–Crippen MR) is 57.3 cm³/mol. The van der Waals surface area contributed by atoms with Gasteiger partial charge in [0.25, 0.3) is 0 Å². The molecule has 5 nitrogen and oxygen atoms in total. The highest BCUT2D eigenvalue weighted by molar-refractivity contribution is 5.78. The van der Waals surface area contributed by atoms with E-state index in [0.717, 1.165) is 19.4 Å². The number of nitrogens with zero attached hydrogens (tertiary/aromatic N) is 1. The highest BCUT2D eigenvalue weighted by atomic mass is 16.2. The third-order valence-corrected chi connectivity index (χ3v) is 2.52. The number of carbonyl (C=O) groups is 2. The van der Waals surface area contributed by atoms with E-state index in [0.29, 0.717) is 13.0 Å². The van der Waals surface area contributed by atoms with Crippen LogP contribution in [0.2, 0.25) is 0 Å². The Morgan fingerprint density at radius 1 is 1.60 bits per heavy atom.